The number of nitrogens with one attached hydrogen (secondary N) is 2. The van der Waals surface area contributed by atoms with Gasteiger partial charge in [0.2, 0.25) is 5.91 Å². The Morgan fingerprint density at radius 1 is 1.33 bits per heavy atom. The van der Waals surface area contributed by atoms with Crippen molar-refractivity contribution >= 4 is 17.2 Å². The van der Waals surface area contributed by atoms with Crippen LogP contribution in [-0.2, 0) is 11.3 Å². The highest BCUT2D eigenvalue weighted by Crippen LogP contribution is 2.26. The number of rotatable bonds is 4. The molecule has 0 spiro atoms. The van der Waals surface area contributed by atoms with Gasteiger partial charge >= 0.3 is 0 Å². The van der Waals surface area contributed by atoms with E-state index in [0.29, 0.717) is 12.0 Å². The van der Waals surface area contributed by atoms with Crippen LogP contribution in [0.25, 0.3) is 0 Å². The van der Waals surface area contributed by atoms with Gasteiger partial charge in [0.25, 0.3) is 0 Å². The van der Waals surface area contributed by atoms with E-state index in [4.69, 9.17) is 0 Å². The molecule has 0 radical (unpaired) electrons. The molecule has 1 aliphatic rings. The van der Waals surface area contributed by atoms with E-state index in [0.717, 1.165) is 13.0 Å². The number of hydrogen-bond acceptors (Lipinski definition) is 3. The zero-order chi connectivity index (χ0) is 14.7. The van der Waals surface area contributed by atoms with E-state index < -0.39 is 0 Å². The number of hydrogen-bond donors (Lipinski definition) is 2. The lowest BCUT2D eigenvalue weighted by Gasteiger charge is -2.33. The molecule has 5 heteroatoms. The highest BCUT2D eigenvalue weighted by molar-refractivity contribution is 7.07. The summed E-state index contributed by atoms with van der Waals surface area (Å²) in [4.78, 5) is 11.7. The molecule has 2 heterocycles. The second-order valence-corrected chi connectivity index (χ2v) is 6.00. The Kier molecular flexibility index (Phi) is 4.31. The van der Waals surface area contributed by atoms with Gasteiger partial charge in [0.15, 0.2) is 0 Å². The van der Waals surface area contributed by atoms with Crippen molar-refractivity contribution in [2.75, 3.05) is 0 Å². The third-order valence-corrected chi connectivity index (χ3v) is 4.52. The minimum atomic E-state index is -0.314. The maximum Gasteiger partial charge on any atom is 0.220 e. The highest BCUT2D eigenvalue weighted by atomic mass is 32.1. The molecule has 3 nitrogen and oxygen atoms in total. The van der Waals surface area contributed by atoms with Crippen LogP contribution in [0.1, 0.15) is 30.0 Å². The number of carbonyl (C=O) groups excluding carboxylic acids is 1. The van der Waals surface area contributed by atoms with E-state index in [-0.39, 0.29) is 23.8 Å². The van der Waals surface area contributed by atoms with E-state index >= 15 is 0 Å². The van der Waals surface area contributed by atoms with E-state index in [1.54, 1.807) is 29.5 Å². The van der Waals surface area contributed by atoms with Gasteiger partial charge in [0.05, 0.1) is 6.04 Å². The average molecular weight is 304 g/mol. The Morgan fingerprint density at radius 3 is 2.95 bits per heavy atom. The van der Waals surface area contributed by atoms with Crippen molar-refractivity contribution in [2.24, 2.45) is 0 Å². The second-order valence-electron chi connectivity index (χ2n) is 5.22. The van der Waals surface area contributed by atoms with Gasteiger partial charge in [-0.3, -0.25) is 4.79 Å². The Balaban J connectivity index is 1.76. The summed E-state index contributed by atoms with van der Waals surface area (Å²) in [6, 6.07) is 8.44. The summed E-state index contributed by atoms with van der Waals surface area (Å²) in [5, 5.41) is 10.5. The summed E-state index contributed by atoms with van der Waals surface area (Å²) in [6.45, 7) is 0.731. The van der Waals surface area contributed by atoms with Crippen molar-refractivity contribution < 1.29 is 9.18 Å². The zero-order valence-corrected chi connectivity index (χ0v) is 12.3. The molecule has 1 aromatic carbocycles. The Hall–Kier alpha value is -1.72. The fraction of sp³-hybridized carbons (Fsp3) is 0.312. The molecular formula is C16H17FN2OS. The predicted octanol–water partition coefficient (Wildman–Crippen LogP) is 3.00. The molecule has 21 heavy (non-hydrogen) atoms. The first kappa shape index (κ1) is 14.2. The summed E-state index contributed by atoms with van der Waals surface area (Å²) in [5.74, 6) is -0.288. The average Bonchev–Trinajstić information content (AvgIpc) is 3.00. The van der Waals surface area contributed by atoms with Crippen molar-refractivity contribution in [2.45, 2.75) is 31.5 Å². The standard InChI is InChI=1S/C16H17FN2OS/c17-13-4-2-1-3-12(13)16-14(5-6-15(20)19-16)18-9-11-7-8-21-10-11/h1-4,7-8,10,14,16,18H,5-6,9H2,(H,19,20)/t14-,16+/m1/s1. The number of piperidine rings is 1. The van der Waals surface area contributed by atoms with Crippen LogP contribution in [0.4, 0.5) is 4.39 Å². The first-order chi connectivity index (χ1) is 10.2. The van der Waals surface area contributed by atoms with Crippen LogP contribution < -0.4 is 10.6 Å². The van der Waals surface area contributed by atoms with E-state index in [1.807, 2.05) is 5.38 Å². The van der Waals surface area contributed by atoms with Crippen molar-refractivity contribution in [3.8, 4) is 0 Å². The molecule has 0 saturated carbocycles. The molecule has 0 bridgehead atoms. The Labute approximate surface area is 127 Å². The Bertz CT molecular complexity index is 614. The molecule has 1 saturated heterocycles. The number of carbonyl (C=O) groups is 1. The summed E-state index contributed by atoms with van der Waals surface area (Å²) in [6.07, 6.45) is 1.20. The third-order valence-electron chi connectivity index (χ3n) is 3.79. The molecule has 1 aliphatic heterocycles. The van der Waals surface area contributed by atoms with Gasteiger partial charge in [-0.05, 0) is 34.9 Å². The summed E-state index contributed by atoms with van der Waals surface area (Å²) >= 11 is 1.66. The Morgan fingerprint density at radius 2 is 2.19 bits per heavy atom. The van der Waals surface area contributed by atoms with Crippen molar-refractivity contribution in [3.63, 3.8) is 0 Å². The van der Waals surface area contributed by atoms with E-state index in [2.05, 4.69) is 22.1 Å². The minimum Gasteiger partial charge on any atom is -0.348 e. The molecule has 2 N–H and O–H groups in total. The van der Waals surface area contributed by atoms with Gasteiger partial charge < -0.3 is 10.6 Å². The van der Waals surface area contributed by atoms with E-state index in [1.165, 1.54) is 11.6 Å². The van der Waals surface area contributed by atoms with Gasteiger partial charge in [-0.1, -0.05) is 18.2 Å². The number of halogens is 1. The first-order valence-electron chi connectivity index (χ1n) is 7.02. The lowest BCUT2D eigenvalue weighted by atomic mass is 9.91. The molecule has 110 valence electrons. The van der Waals surface area contributed by atoms with Crippen molar-refractivity contribution in [1.82, 2.24) is 10.6 Å². The number of benzene rings is 1. The monoisotopic (exact) mass is 304 g/mol. The van der Waals surface area contributed by atoms with Gasteiger partial charge in [-0.25, -0.2) is 4.39 Å². The highest BCUT2D eigenvalue weighted by Gasteiger charge is 2.31. The van der Waals surface area contributed by atoms with Crippen LogP contribution in [0, 0.1) is 5.82 Å². The molecule has 1 fully saturated rings. The SMILES string of the molecule is O=C1CC[C@@H](NCc2ccsc2)[C@H](c2ccccc2F)N1. The molecule has 3 rings (SSSR count). The smallest absolute Gasteiger partial charge is 0.220 e. The largest absolute Gasteiger partial charge is 0.348 e. The van der Waals surface area contributed by atoms with Gasteiger partial charge in [0.1, 0.15) is 5.82 Å². The van der Waals surface area contributed by atoms with Crippen molar-refractivity contribution in [1.29, 1.82) is 0 Å². The molecule has 2 aromatic rings. The minimum absolute atomic E-state index is 0.0168. The van der Waals surface area contributed by atoms with Gasteiger partial charge in [-0.15, -0.1) is 0 Å². The van der Waals surface area contributed by atoms with Crippen LogP contribution >= 0.6 is 11.3 Å². The lowest BCUT2D eigenvalue weighted by molar-refractivity contribution is -0.123. The first-order valence-corrected chi connectivity index (χ1v) is 7.96. The number of amides is 1. The maximum atomic E-state index is 14.0. The van der Waals surface area contributed by atoms with Crippen LogP contribution in [0.5, 0.6) is 0 Å². The molecular weight excluding hydrogens is 287 g/mol. The molecule has 1 amide bonds. The summed E-state index contributed by atoms with van der Waals surface area (Å²) < 4.78 is 14.0. The molecule has 1 aromatic heterocycles. The maximum absolute atomic E-state index is 14.0. The van der Waals surface area contributed by atoms with Crippen LogP contribution in [0.3, 0.4) is 0 Å². The predicted molar refractivity (Wildman–Crippen MR) is 81.5 cm³/mol. The van der Waals surface area contributed by atoms with Gasteiger partial charge in [-0.2, -0.15) is 11.3 Å². The third kappa shape index (κ3) is 3.31. The van der Waals surface area contributed by atoms with Crippen molar-refractivity contribution in [3.05, 3.63) is 58.0 Å². The second kappa shape index (κ2) is 6.37. The topological polar surface area (TPSA) is 41.1 Å². The molecule has 0 unspecified atom stereocenters. The fourth-order valence-corrected chi connectivity index (χ4v) is 3.35. The van der Waals surface area contributed by atoms with Crippen LogP contribution in [-0.4, -0.2) is 11.9 Å². The van der Waals surface area contributed by atoms with E-state index in [9.17, 15) is 9.18 Å². The zero-order valence-electron chi connectivity index (χ0n) is 11.5. The summed E-state index contributed by atoms with van der Waals surface area (Å²) in [5.41, 5.74) is 1.76. The normalized spacial score (nSPS) is 22.0. The molecule has 0 aliphatic carbocycles. The lowest BCUT2D eigenvalue weighted by Crippen LogP contribution is -2.48. The quantitative estimate of drug-likeness (QED) is 0.911. The summed E-state index contributed by atoms with van der Waals surface area (Å²) in [7, 11) is 0. The number of thiophene rings is 1. The van der Waals surface area contributed by atoms with Crippen LogP contribution in [0.15, 0.2) is 41.1 Å². The van der Waals surface area contributed by atoms with Gasteiger partial charge in [0, 0.05) is 24.6 Å². The van der Waals surface area contributed by atoms with Crippen LogP contribution in [0.2, 0.25) is 0 Å². The fourth-order valence-electron chi connectivity index (χ4n) is 2.68. The molecule has 2 atom stereocenters.